The fraction of sp³-hybridized carbons (Fsp3) is 0.240. The molecule has 5 N–H and O–H groups in total. The van der Waals surface area contributed by atoms with E-state index in [1.807, 2.05) is 25.3 Å². The maximum Gasteiger partial charge on any atom is 0.316 e. The van der Waals surface area contributed by atoms with Crippen LogP contribution in [0, 0.1) is 12.7 Å². The predicted molar refractivity (Wildman–Crippen MR) is 137 cm³/mol. The number of aromatic nitrogens is 2. The van der Waals surface area contributed by atoms with Crippen molar-refractivity contribution in [3.05, 3.63) is 77.1 Å². The minimum absolute atomic E-state index is 0.00614. The summed E-state index contributed by atoms with van der Waals surface area (Å²) in [6, 6.07) is 8.87. The number of anilines is 1. The average Bonchev–Trinajstić information content (AvgIpc) is 2.83. The molecule has 0 saturated heterocycles. The molecule has 3 aromatic rings. The van der Waals surface area contributed by atoms with Crippen molar-refractivity contribution in [3.8, 4) is 11.5 Å². The highest BCUT2D eigenvalue weighted by Gasteiger charge is 2.12. The molecule has 0 aliphatic rings. The molecule has 0 aliphatic heterocycles. The monoisotopic (exact) mass is 498 g/mol. The van der Waals surface area contributed by atoms with Crippen LogP contribution in [0.5, 0.6) is 11.5 Å². The zero-order valence-corrected chi connectivity index (χ0v) is 20.5. The van der Waals surface area contributed by atoms with Crippen LogP contribution in [0.25, 0.3) is 11.0 Å². The molecule has 1 aromatic carbocycles. The normalized spacial score (nSPS) is 11.4. The third kappa shape index (κ3) is 7.78. The molecule has 0 radical (unpaired) electrons. The smallest absolute Gasteiger partial charge is 0.316 e. The van der Waals surface area contributed by atoms with Crippen molar-refractivity contribution in [3.63, 3.8) is 0 Å². The molecule has 0 aliphatic carbocycles. The van der Waals surface area contributed by atoms with Crippen molar-refractivity contribution in [2.75, 3.05) is 25.6 Å². The molecule has 2 heterocycles. The van der Waals surface area contributed by atoms with Gasteiger partial charge in [-0.05, 0) is 43.3 Å². The second-order valence-corrected chi connectivity index (χ2v) is 8.25. The Morgan fingerprint density at radius 2 is 2.06 bits per heavy atom. The molecular formula is C25H29FN5O3S+. The molecule has 2 amide bonds. The lowest BCUT2D eigenvalue weighted by molar-refractivity contribution is -0.671. The minimum Gasteiger partial charge on any atom is -0.454 e. The molecule has 0 fully saturated rings. The lowest BCUT2D eigenvalue weighted by Gasteiger charge is -2.12. The Bertz CT molecular complexity index is 1190. The van der Waals surface area contributed by atoms with Gasteiger partial charge in [0.1, 0.15) is 12.3 Å². The topological polar surface area (TPSA) is 116 Å². The van der Waals surface area contributed by atoms with Crippen molar-refractivity contribution in [2.45, 2.75) is 19.9 Å². The number of halogens is 1. The highest BCUT2D eigenvalue weighted by Crippen LogP contribution is 2.31. The van der Waals surface area contributed by atoms with Crippen LogP contribution < -0.4 is 21.1 Å². The number of carbonyl (C=O) groups is 1. The van der Waals surface area contributed by atoms with Crippen molar-refractivity contribution >= 4 is 35.3 Å². The number of hydrogen-bond acceptors (Lipinski definition) is 6. The van der Waals surface area contributed by atoms with Crippen molar-refractivity contribution in [1.82, 2.24) is 9.97 Å². The van der Waals surface area contributed by atoms with E-state index in [0.717, 1.165) is 37.7 Å². The number of nitrogens with zero attached hydrogens (tertiary/aromatic N) is 2. The van der Waals surface area contributed by atoms with Crippen LogP contribution >= 0.6 is 12.6 Å². The summed E-state index contributed by atoms with van der Waals surface area (Å²) in [5.41, 5.74) is 8.47. The van der Waals surface area contributed by atoms with Crippen molar-refractivity contribution < 1.29 is 24.0 Å². The third-order valence-electron chi connectivity index (χ3n) is 5.11. The van der Waals surface area contributed by atoms with Gasteiger partial charge in [-0.3, -0.25) is 9.97 Å². The Morgan fingerprint density at radius 3 is 2.74 bits per heavy atom. The van der Waals surface area contributed by atoms with E-state index in [-0.39, 0.29) is 11.4 Å². The number of hydrogen-bond donors (Lipinski definition) is 4. The van der Waals surface area contributed by atoms with Crippen molar-refractivity contribution in [2.24, 2.45) is 5.73 Å². The first-order valence-electron chi connectivity index (χ1n) is 11.0. The Morgan fingerprint density at radius 1 is 1.23 bits per heavy atom. The third-order valence-corrected chi connectivity index (χ3v) is 5.47. The number of quaternary nitrogens is 1. The summed E-state index contributed by atoms with van der Waals surface area (Å²) in [7, 11) is 1.71. The lowest BCUT2D eigenvalue weighted by Crippen LogP contribution is -2.82. The molecule has 35 heavy (non-hydrogen) atoms. The van der Waals surface area contributed by atoms with Crippen LogP contribution in [0.1, 0.15) is 28.9 Å². The zero-order chi connectivity index (χ0) is 25.2. The summed E-state index contributed by atoms with van der Waals surface area (Å²) >= 11 is 4.60. The second-order valence-electron chi connectivity index (χ2n) is 7.76. The van der Waals surface area contributed by atoms with Crippen molar-refractivity contribution in [1.29, 1.82) is 0 Å². The van der Waals surface area contributed by atoms with Crippen LogP contribution in [-0.4, -0.2) is 36.3 Å². The number of nitrogens with one attached hydrogen (secondary N) is 1. The summed E-state index contributed by atoms with van der Waals surface area (Å²) in [6.07, 6.45) is 6.21. The van der Waals surface area contributed by atoms with E-state index in [9.17, 15) is 9.18 Å². The van der Waals surface area contributed by atoms with Gasteiger partial charge in [-0.25, -0.2) is 9.18 Å². The first-order chi connectivity index (χ1) is 16.9. The number of carbonyl (C=O) groups excluding carboxylic acids is 1. The zero-order valence-electron chi connectivity index (χ0n) is 19.6. The molecule has 8 nitrogen and oxygen atoms in total. The van der Waals surface area contributed by atoms with Gasteiger partial charge in [0.05, 0.1) is 24.5 Å². The summed E-state index contributed by atoms with van der Waals surface area (Å²) < 4.78 is 25.3. The summed E-state index contributed by atoms with van der Waals surface area (Å²) in [5.74, 6) is -0.194. The maximum atomic E-state index is 14.4. The molecule has 0 unspecified atom stereocenters. The number of rotatable bonds is 11. The van der Waals surface area contributed by atoms with E-state index in [2.05, 4.69) is 33.2 Å². The van der Waals surface area contributed by atoms with Gasteiger partial charge in [-0.2, -0.15) is 0 Å². The first kappa shape index (κ1) is 26.1. The standard InChI is InChI=1S/C25H28FN5O3S/c1-16-21(13-24(35)20-6-4-17(15-30-20)14-28-9-3-11-33-2)29-10-8-22(16)34-23-7-5-18(12-19(23)26)31-25(27)32/h4-8,10,12-13,15,28,35H,3,9,11,14H2,1-2H3,(H3,27,31,32)/p+1/b24-13-. The lowest BCUT2D eigenvalue weighted by atomic mass is 10.1. The van der Waals surface area contributed by atoms with Crippen LogP contribution in [0.2, 0.25) is 0 Å². The van der Waals surface area contributed by atoms with E-state index in [1.165, 1.54) is 12.1 Å². The molecule has 0 saturated carbocycles. The van der Waals surface area contributed by atoms with Gasteiger partial charge in [-0.15, -0.1) is 12.6 Å². The first-order valence-corrected chi connectivity index (χ1v) is 11.5. The molecule has 3 rings (SSSR count). The number of urea groups is 1. The van der Waals surface area contributed by atoms with Crippen LogP contribution in [0.15, 0.2) is 48.8 Å². The molecule has 0 spiro atoms. The van der Waals surface area contributed by atoms with Gasteiger partial charge >= 0.3 is 6.03 Å². The molecule has 0 atom stereocenters. The fourth-order valence-corrected chi connectivity index (χ4v) is 3.51. The van der Waals surface area contributed by atoms with Crippen LogP contribution in [0.3, 0.4) is 0 Å². The number of primary amides is 1. The fourth-order valence-electron chi connectivity index (χ4n) is 3.25. The minimum atomic E-state index is -0.776. The number of nitrogens with two attached hydrogens (primary N) is 2. The highest BCUT2D eigenvalue weighted by atomic mass is 32.1. The second kappa shape index (κ2) is 12.8. The SMILES string of the molecule is COCCC[NH2+]Cc1ccc(/C(S)=C/c2nccc(Oc3ccc(NC(N)=O)cc3F)c2C)nc1. The number of benzene rings is 1. The molecule has 2 aromatic heterocycles. The van der Waals surface area contributed by atoms with Crippen LogP contribution in [-0.2, 0) is 11.3 Å². The van der Waals surface area contributed by atoms with E-state index >= 15 is 0 Å². The number of methoxy groups -OCH3 is 1. The molecule has 184 valence electrons. The van der Waals surface area contributed by atoms with E-state index < -0.39 is 11.8 Å². The Balaban J connectivity index is 1.70. The quantitative estimate of drug-likeness (QED) is 0.237. The summed E-state index contributed by atoms with van der Waals surface area (Å²) in [4.78, 5) is 20.5. The number of pyridine rings is 2. The van der Waals surface area contributed by atoms with Crippen LogP contribution in [0.4, 0.5) is 14.9 Å². The molecular weight excluding hydrogens is 469 g/mol. The van der Waals surface area contributed by atoms with E-state index in [1.54, 1.807) is 25.4 Å². The number of amides is 2. The highest BCUT2D eigenvalue weighted by molar-refractivity contribution is 7.90. The molecule has 0 bridgehead atoms. The predicted octanol–water partition coefficient (Wildman–Crippen LogP) is 3.73. The van der Waals surface area contributed by atoms with Gasteiger partial charge in [-0.1, -0.05) is 0 Å². The average molecular weight is 499 g/mol. The Labute approximate surface area is 209 Å². The summed E-state index contributed by atoms with van der Waals surface area (Å²) in [6.45, 7) is 4.43. The van der Waals surface area contributed by atoms with E-state index in [4.69, 9.17) is 15.2 Å². The Hall–Kier alpha value is -3.47. The number of thiol groups is 1. The van der Waals surface area contributed by atoms with Gasteiger partial charge in [0.25, 0.3) is 0 Å². The number of ether oxygens (including phenoxy) is 2. The Kier molecular flexibility index (Phi) is 9.59. The largest absolute Gasteiger partial charge is 0.454 e. The maximum absolute atomic E-state index is 14.4. The van der Waals surface area contributed by atoms with Gasteiger partial charge in [0.15, 0.2) is 11.6 Å². The van der Waals surface area contributed by atoms with Gasteiger partial charge < -0.3 is 25.8 Å². The molecule has 10 heteroatoms. The summed E-state index contributed by atoms with van der Waals surface area (Å²) in [5, 5.41) is 4.54. The van der Waals surface area contributed by atoms with Gasteiger partial charge in [0, 0.05) is 53.7 Å². The van der Waals surface area contributed by atoms with E-state index in [0.29, 0.717) is 27.6 Å². The van der Waals surface area contributed by atoms with Gasteiger partial charge in [0.2, 0.25) is 0 Å².